The molecule has 0 amide bonds. The Balaban J connectivity index is 1.87. The van der Waals surface area contributed by atoms with Gasteiger partial charge in [-0.15, -0.1) is 0 Å². The van der Waals surface area contributed by atoms with Crippen LogP contribution in [0.2, 0.25) is 0 Å². The molecule has 0 bridgehead atoms. The van der Waals surface area contributed by atoms with Gasteiger partial charge in [-0.2, -0.15) is 0 Å². The summed E-state index contributed by atoms with van der Waals surface area (Å²) < 4.78 is 5.29. The van der Waals surface area contributed by atoms with Crippen molar-refractivity contribution in [3.05, 3.63) is 90.1 Å². The van der Waals surface area contributed by atoms with Gasteiger partial charge in [-0.3, -0.25) is 4.99 Å². The molecule has 0 aliphatic carbocycles. The van der Waals surface area contributed by atoms with Gasteiger partial charge in [0, 0.05) is 11.1 Å². The van der Waals surface area contributed by atoms with Gasteiger partial charge >= 0.3 is 5.97 Å². The van der Waals surface area contributed by atoms with Crippen LogP contribution in [0.1, 0.15) is 29.9 Å². The summed E-state index contributed by atoms with van der Waals surface area (Å²) in [7, 11) is 0. The molecule has 0 aliphatic rings. The van der Waals surface area contributed by atoms with E-state index in [4.69, 9.17) is 9.73 Å². The van der Waals surface area contributed by atoms with E-state index < -0.39 is 12.0 Å². The first-order valence-corrected chi connectivity index (χ1v) is 9.27. The number of fused-ring (bicyclic) bond motifs is 1. The van der Waals surface area contributed by atoms with E-state index in [0.717, 1.165) is 11.1 Å². The molecule has 2 heterocycles. The number of carbonyl (C=O) groups is 1. The van der Waals surface area contributed by atoms with Crippen LogP contribution in [0.25, 0.3) is 11.2 Å². The molecular weight excluding hydrogens is 366 g/mol. The van der Waals surface area contributed by atoms with Gasteiger partial charge in [0.05, 0.1) is 18.5 Å². The first kappa shape index (κ1) is 18.5. The average Bonchev–Trinajstić information content (AvgIpc) is 3.19. The predicted octanol–water partition coefficient (Wildman–Crippen LogP) is 3.49. The van der Waals surface area contributed by atoms with E-state index in [1.54, 1.807) is 13.1 Å². The Morgan fingerprint density at radius 3 is 2.31 bits per heavy atom. The van der Waals surface area contributed by atoms with E-state index in [-0.39, 0.29) is 6.61 Å². The summed E-state index contributed by atoms with van der Waals surface area (Å²) in [5.41, 5.74) is 3.57. The van der Waals surface area contributed by atoms with Crippen molar-refractivity contribution in [2.24, 2.45) is 4.99 Å². The van der Waals surface area contributed by atoms with Gasteiger partial charge in [-0.25, -0.2) is 19.7 Å². The van der Waals surface area contributed by atoms with Crippen molar-refractivity contribution in [3.8, 4) is 0 Å². The maximum Gasteiger partial charge on any atom is 0.338 e. The molecule has 0 fully saturated rings. The number of H-pyrrole nitrogens is 1. The summed E-state index contributed by atoms with van der Waals surface area (Å²) >= 11 is 0. The topological polar surface area (TPSA) is 93.1 Å². The molecule has 0 saturated heterocycles. The highest BCUT2D eigenvalue weighted by Crippen LogP contribution is 2.22. The molecule has 0 saturated carbocycles. The molecule has 1 unspecified atom stereocenters. The molecular formula is C22H19N5O2. The summed E-state index contributed by atoms with van der Waals surface area (Å²) in [4.78, 5) is 33.3. The number of esters is 1. The first-order chi connectivity index (χ1) is 14.3. The second-order valence-corrected chi connectivity index (χ2v) is 6.25. The normalized spacial score (nSPS) is 11.8. The number of nitrogens with zero attached hydrogens (tertiary/aromatic N) is 4. The molecule has 0 aliphatic heterocycles. The molecule has 2 aromatic heterocycles. The van der Waals surface area contributed by atoms with Crippen LogP contribution in [0.4, 0.5) is 0 Å². The average molecular weight is 385 g/mol. The lowest BCUT2D eigenvalue weighted by atomic mass is 10.0. The largest absolute Gasteiger partial charge is 0.464 e. The van der Waals surface area contributed by atoms with Crippen molar-refractivity contribution in [1.82, 2.24) is 19.9 Å². The molecule has 4 aromatic rings. The molecule has 7 nitrogen and oxygen atoms in total. The van der Waals surface area contributed by atoms with Crippen LogP contribution in [-0.2, 0) is 9.53 Å². The first-order valence-electron chi connectivity index (χ1n) is 9.27. The lowest BCUT2D eigenvalue weighted by Gasteiger charge is -2.13. The van der Waals surface area contributed by atoms with Crippen LogP contribution in [0, 0.1) is 0 Å². The standard InChI is InChI=1S/C22H19N5O2/c1-2-29-22(28)19(21-25-17-13-23-14-24-20(17)27-21)26-18(15-9-5-3-6-10-15)16-11-7-4-8-12-16/h3-14,19H,2H2,1H3,(H,23,24,25,27). The van der Waals surface area contributed by atoms with Gasteiger partial charge in [0.15, 0.2) is 5.65 Å². The quantitative estimate of drug-likeness (QED) is 0.405. The number of imidazole rings is 1. The number of hydrogen-bond acceptors (Lipinski definition) is 6. The van der Waals surface area contributed by atoms with Gasteiger partial charge in [-0.05, 0) is 6.92 Å². The van der Waals surface area contributed by atoms with Gasteiger partial charge in [0.25, 0.3) is 0 Å². The highest BCUT2D eigenvalue weighted by atomic mass is 16.5. The zero-order valence-corrected chi connectivity index (χ0v) is 15.8. The van der Waals surface area contributed by atoms with Crippen LogP contribution in [0.15, 0.2) is 78.2 Å². The lowest BCUT2D eigenvalue weighted by Crippen LogP contribution is -2.18. The molecule has 0 spiro atoms. The van der Waals surface area contributed by atoms with Crippen LogP contribution in [0.5, 0.6) is 0 Å². The Kier molecular flexibility index (Phi) is 5.38. The smallest absolute Gasteiger partial charge is 0.338 e. The highest BCUT2D eigenvalue weighted by molar-refractivity contribution is 6.13. The van der Waals surface area contributed by atoms with Gasteiger partial charge in [0.1, 0.15) is 17.7 Å². The van der Waals surface area contributed by atoms with Crippen LogP contribution >= 0.6 is 0 Å². The van der Waals surface area contributed by atoms with Crippen LogP contribution < -0.4 is 0 Å². The second-order valence-electron chi connectivity index (χ2n) is 6.25. The number of ether oxygens (including phenoxy) is 1. The maximum atomic E-state index is 12.8. The fourth-order valence-corrected chi connectivity index (χ4v) is 2.99. The highest BCUT2D eigenvalue weighted by Gasteiger charge is 2.26. The Labute approximate surface area is 167 Å². The number of rotatable bonds is 6. The molecule has 29 heavy (non-hydrogen) atoms. The summed E-state index contributed by atoms with van der Waals surface area (Å²) in [5.74, 6) is -0.118. The zero-order chi connectivity index (χ0) is 20.1. The fourth-order valence-electron chi connectivity index (χ4n) is 2.99. The van der Waals surface area contributed by atoms with Crippen molar-refractivity contribution in [1.29, 1.82) is 0 Å². The molecule has 1 atom stereocenters. The summed E-state index contributed by atoms with van der Waals surface area (Å²) in [6.45, 7) is 2.01. The maximum absolute atomic E-state index is 12.8. The summed E-state index contributed by atoms with van der Waals surface area (Å²) in [6.07, 6.45) is 3.02. The van der Waals surface area contributed by atoms with Gasteiger partial charge < -0.3 is 9.72 Å². The Morgan fingerprint density at radius 1 is 1.07 bits per heavy atom. The Morgan fingerprint density at radius 2 is 1.72 bits per heavy atom. The number of aromatic nitrogens is 4. The molecule has 144 valence electrons. The van der Waals surface area contributed by atoms with Crippen LogP contribution in [-0.4, -0.2) is 38.2 Å². The minimum absolute atomic E-state index is 0.247. The third-order valence-corrected chi connectivity index (χ3v) is 4.30. The van der Waals surface area contributed by atoms with Gasteiger partial charge in [-0.1, -0.05) is 60.7 Å². The van der Waals surface area contributed by atoms with E-state index in [1.807, 2.05) is 60.7 Å². The number of hydrogen-bond donors (Lipinski definition) is 1. The zero-order valence-electron chi connectivity index (χ0n) is 15.8. The number of benzene rings is 2. The minimum Gasteiger partial charge on any atom is -0.464 e. The van der Waals surface area contributed by atoms with E-state index in [0.29, 0.717) is 22.7 Å². The Hall–Kier alpha value is -3.87. The third-order valence-electron chi connectivity index (χ3n) is 4.30. The van der Waals surface area contributed by atoms with Crippen molar-refractivity contribution in [3.63, 3.8) is 0 Å². The number of carbonyl (C=O) groups excluding carboxylic acids is 1. The monoisotopic (exact) mass is 385 g/mol. The van der Waals surface area contributed by atoms with E-state index in [1.165, 1.54) is 6.33 Å². The van der Waals surface area contributed by atoms with Crippen LogP contribution in [0.3, 0.4) is 0 Å². The molecule has 2 aromatic carbocycles. The fraction of sp³-hybridized carbons (Fsp3) is 0.136. The minimum atomic E-state index is -0.959. The third kappa shape index (κ3) is 4.03. The van der Waals surface area contributed by atoms with Gasteiger partial charge in [0.2, 0.25) is 6.04 Å². The SMILES string of the molecule is CCOC(=O)C(N=C(c1ccccc1)c1ccccc1)c1nc2ncncc2[nH]1. The van der Waals surface area contributed by atoms with E-state index in [2.05, 4.69) is 19.9 Å². The summed E-state index contributed by atoms with van der Waals surface area (Å²) in [6, 6.07) is 18.5. The number of nitrogens with one attached hydrogen (secondary N) is 1. The van der Waals surface area contributed by atoms with E-state index >= 15 is 0 Å². The summed E-state index contributed by atoms with van der Waals surface area (Å²) in [5, 5.41) is 0. The predicted molar refractivity (Wildman–Crippen MR) is 110 cm³/mol. The van der Waals surface area contributed by atoms with Crippen molar-refractivity contribution >= 4 is 22.8 Å². The molecule has 0 radical (unpaired) electrons. The van der Waals surface area contributed by atoms with Crippen molar-refractivity contribution in [2.45, 2.75) is 13.0 Å². The van der Waals surface area contributed by atoms with E-state index in [9.17, 15) is 4.79 Å². The molecule has 1 N–H and O–H groups in total. The lowest BCUT2D eigenvalue weighted by molar-refractivity contribution is -0.144. The number of aliphatic imine (C=N–C) groups is 1. The van der Waals surface area contributed by atoms with Crippen molar-refractivity contribution in [2.75, 3.05) is 6.61 Å². The molecule has 7 heteroatoms. The number of aromatic amines is 1. The second kappa shape index (κ2) is 8.43. The van der Waals surface area contributed by atoms with Crippen molar-refractivity contribution < 1.29 is 9.53 Å². The molecule has 4 rings (SSSR count). The Bertz CT molecular complexity index is 1070.